The molecule has 6 aromatic carbocycles. The molecule has 7 aromatic rings. The van der Waals surface area contributed by atoms with Crippen LogP contribution in [0.2, 0.25) is 0 Å². The lowest BCUT2D eigenvalue weighted by molar-refractivity contribution is 0.597. The summed E-state index contributed by atoms with van der Waals surface area (Å²) in [5, 5.41) is 11.6. The van der Waals surface area contributed by atoms with Gasteiger partial charge in [-0.25, -0.2) is 0 Å². The minimum absolute atomic E-state index is 0.0648. The van der Waals surface area contributed by atoms with Crippen LogP contribution >= 0.6 is 11.3 Å². The molecule has 0 saturated carbocycles. The second kappa shape index (κ2) is 8.72. The van der Waals surface area contributed by atoms with Gasteiger partial charge < -0.3 is 5.32 Å². The van der Waals surface area contributed by atoms with E-state index in [-0.39, 0.29) is 5.41 Å². The van der Waals surface area contributed by atoms with Crippen molar-refractivity contribution in [3.63, 3.8) is 0 Å². The van der Waals surface area contributed by atoms with Gasteiger partial charge in [0.25, 0.3) is 0 Å². The molecule has 1 N–H and O–H groups in total. The molecule has 0 amide bonds. The number of fused-ring (bicyclic) bond motifs is 6. The van der Waals surface area contributed by atoms with Crippen LogP contribution in [0.15, 0.2) is 115 Å². The molecular formula is C36H29NS. The molecule has 0 bridgehead atoms. The van der Waals surface area contributed by atoms with E-state index in [0.29, 0.717) is 0 Å². The lowest BCUT2D eigenvalue weighted by atomic mass is 9.84. The first kappa shape index (κ1) is 23.0. The summed E-state index contributed by atoms with van der Waals surface area (Å²) in [6, 6.07) is 41.9. The zero-order valence-electron chi connectivity index (χ0n) is 21.9. The Balaban J connectivity index is 1.31. The van der Waals surface area contributed by atoms with E-state index in [9.17, 15) is 0 Å². The van der Waals surface area contributed by atoms with Crippen molar-refractivity contribution in [2.45, 2.75) is 26.2 Å². The predicted octanol–water partition coefficient (Wildman–Crippen LogP) is 11.1. The standard InChI is InChI=1S/C36H29NS/c1-36(2,3)31-22-27-11-6-7-12-29(27)33-30-13-8-14-32(34(30)38-35(31)33)37-28-19-17-24(18-20-28)26-16-15-23-9-4-5-10-25(23)21-26/h4-22,37H,1-3H3. The van der Waals surface area contributed by atoms with Gasteiger partial charge in [0, 0.05) is 21.2 Å². The highest BCUT2D eigenvalue weighted by atomic mass is 32.1. The van der Waals surface area contributed by atoms with Crippen LogP contribution in [0.25, 0.3) is 52.8 Å². The molecule has 1 heterocycles. The molecule has 38 heavy (non-hydrogen) atoms. The van der Waals surface area contributed by atoms with Crippen molar-refractivity contribution in [1.29, 1.82) is 0 Å². The molecule has 184 valence electrons. The number of nitrogens with one attached hydrogen (secondary N) is 1. The van der Waals surface area contributed by atoms with Crippen molar-refractivity contribution >= 4 is 64.4 Å². The first-order valence-electron chi connectivity index (χ1n) is 13.2. The third-order valence-corrected chi connectivity index (χ3v) is 8.82. The Morgan fingerprint density at radius 2 is 1.24 bits per heavy atom. The number of hydrogen-bond donors (Lipinski definition) is 1. The Hall–Kier alpha value is -4.14. The molecule has 0 spiro atoms. The van der Waals surface area contributed by atoms with Crippen LogP contribution in [-0.4, -0.2) is 0 Å². The Morgan fingerprint density at radius 3 is 2.03 bits per heavy atom. The van der Waals surface area contributed by atoms with Crippen molar-refractivity contribution in [3.05, 3.63) is 121 Å². The van der Waals surface area contributed by atoms with E-state index >= 15 is 0 Å². The van der Waals surface area contributed by atoms with Gasteiger partial charge in [0.05, 0.1) is 10.4 Å². The molecular weight excluding hydrogens is 478 g/mol. The molecule has 1 nitrogen and oxygen atoms in total. The summed E-state index contributed by atoms with van der Waals surface area (Å²) in [6.07, 6.45) is 0. The van der Waals surface area contributed by atoms with E-state index in [1.54, 1.807) is 0 Å². The van der Waals surface area contributed by atoms with Gasteiger partial charge in [-0.15, -0.1) is 11.3 Å². The normalized spacial score (nSPS) is 12.1. The molecule has 2 heteroatoms. The van der Waals surface area contributed by atoms with Crippen LogP contribution in [0, 0.1) is 0 Å². The fraction of sp³-hybridized carbons (Fsp3) is 0.111. The molecule has 0 atom stereocenters. The topological polar surface area (TPSA) is 12.0 Å². The summed E-state index contributed by atoms with van der Waals surface area (Å²) < 4.78 is 2.70. The number of hydrogen-bond acceptors (Lipinski definition) is 2. The van der Waals surface area contributed by atoms with Crippen LogP contribution in [0.4, 0.5) is 11.4 Å². The van der Waals surface area contributed by atoms with Crippen molar-refractivity contribution in [1.82, 2.24) is 0 Å². The highest BCUT2D eigenvalue weighted by molar-refractivity contribution is 7.26. The maximum absolute atomic E-state index is 3.73. The number of rotatable bonds is 3. The molecule has 0 radical (unpaired) electrons. The summed E-state index contributed by atoms with van der Waals surface area (Å²) in [7, 11) is 0. The average Bonchev–Trinajstić information content (AvgIpc) is 3.33. The van der Waals surface area contributed by atoms with E-state index in [2.05, 4.69) is 141 Å². The Labute approximate surface area is 227 Å². The molecule has 0 unspecified atom stereocenters. The molecule has 1 aromatic heterocycles. The van der Waals surface area contributed by atoms with Gasteiger partial charge in [-0.2, -0.15) is 0 Å². The fourth-order valence-electron chi connectivity index (χ4n) is 5.57. The van der Waals surface area contributed by atoms with Crippen molar-refractivity contribution in [2.75, 3.05) is 5.32 Å². The number of benzene rings is 6. The molecule has 0 aliphatic carbocycles. The van der Waals surface area contributed by atoms with Gasteiger partial charge in [-0.05, 0) is 74.0 Å². The minimum atomic E-state index is 0.0648. The molecule has 0 aliphatic heterocycles. The van der Waals surface area contributed by atoms with Crippen molar-refractivity contribution in [2.24, 2.45) is 0 Å². The lowest BCUT2D eigenvalue weighted by Crippen LogP contribution is -2.11. The van der Waals surface area contributed by atoms with Crippen molar-refractivity contribution < 1.29 is 0 Å². The van der Waals surface area contributed by atoms with E-state index < -0.39 is 0 Å². The van der Waals surface area contributed by atoms with Crippen LogP contribution in [0.1, 0.15) is 26.3 Å². The second-order valence-electron chi connectivity index (χ2n) is 11.1. The summed E-state index contributed by atoms with van der Waals surface area (Å²) in [5.41, 5.74) is 6.20. The Morgan fingerprint density at radius 1 is 0.553 bits per heavy atom. The molecule has 7 rings (SSSR count). The highest BCUT2D eigenvalue weighted by Gasteiger charge is 2.22. The second-order valence-corrected chi connectivity index (χ2v) is 12.2. The smallest absolute Gasteiger partial charge is 0.0590 e. The van der Waals surface area contributed by atoms with Crippen LogP contribution < -0.4 is 5.32 Å². The maximum atomic E-state index is 3.73. The van der Waals surface area contributed by atoms with Gasteiger partial charge in [0.1, 0.15) is 0 Å². The third kappa shape index (κ3) is 3.84. The third-order valence-electron chi connectivity index (χ3n) is 7.54. The zero-order valence-corrected chi connectivity index (χ0v) is 22.7. The average molecular weight is 508 g/mol. The Bertz CT molecular complexity index is 1970. The summed E-state index contributed by atoms with van der Waals surface area (Å²) >= 11 is 1.91. The monoisotopic (exact) mass is 507 g/mol. The lowest BCUT2D eigenvalue weighted by Gasteiger charge is -2.21. The van der Waals surface area contributed by atoms with Crippen LogP contribution in [-0.2, 0) is 5.41 Å². The van der Waals surface area contributed by atoms with E-state index in [1.807, 2.05) is 11.3 Å². The van der Waals surface area contributed by atoms with Gasteiger partial charge in [-0.3, -0.25) is 0 Å². The maximum Gasteiger partial charge on any atom is 0.0590 e. The summed E-state index contributed by atoms with van der Waals surface area (Å²) in [5.74, 6) is 0. The SMILES string of the molecule is CC(C)(C)c1cc2ccccc2c2c1sc1c(Nc3ccc(-c4ccc5ccccc5c4)cc3)cccc12. The fourth-order valence-corrected chi connectivity index (χ4v) is 7.08. The zero-order chi connectivity index (χ0) is 25.9. The first-order valence-corrected chi connectivity index (χ1v) is 14.0. The van der Waals surface area contributed by atoms with Crippen molar-refractivity contribution in [3.8, 4) is 11.1 Å². The number of anilines is 2. The molecule has 0 aliphatic rings. The quantitative estimate of drug-likeness (QED) is 0.251. The van der Waals surface area contributed by atoms with Gasteiger partial charge >= 0.3 is 0 Å². The number of thiophene rings is 1. The first-order chi connectivity index (χ1) is 18.5. The molecule has 0 fully saturated rings. The van der Waals surface area contributed by atoms with E-state index in [0.717, 1.165) is 11.4 Å². The predicted molar refractivity (Wildman–Crippen MR) is 168 cm³/mol. The minimum Gasteiger partial charge on any atom is -0.354 e. The Kier molecular flexibility index (Phi) is 5.28. The van der Waals surface area contributed by atoms with Gasteiger partial charge in [0.2, 0.25) is 0 Å². The van der Waals surface area contributed by atoms with E-state index in [4.69, 9.17) is 0 Å². The van der Waals surface area contributed by atoms with Gasteiger partial charge in [-0.1, -0.05) is 106 Å². The highest BCUT2D eigenvalue weighted by Crippen LogP contribution is 2.46. The summed E-state index contributed by atoms with van der Waals surface area (Å²) in [4.78, 5) is 0. The van der Waals surface area contributed by atoms with Crippen LogP contribution in [0.3, 0.4) is 0 Å². The summed E-state index contributed by atoms with van der Waals surface area (Å²) in [6.45, 7) is 6.95. The van der Waals surface area contributed by atoms with Gasteiger partial charge in [0.15, 0.2) is 0 Å². The molecule has 0 saturated heterocycles. The largest absolute Gasteiger partial charge is 0.354 e. The van der Waals surface area contributed by atoms with Crippen LogP contribution in [0.5, 0.6) is 0 Å². The van der Waals surface area contributed by atoms with E-state index in [1.165, 1.54) is 58.4 Å².